The van der Waals surface area contributed by atoms with Gasteiger partial charge in [0.05, 0.1) is 29.3 Å². The van der Waals surface area contributed by atoms with Crippen molar-refractivity contribution < 1.29 is 47.8 Å². The van der Waals surface area contributed by atoms with Gasteiger partial charge in [0.25, 0.3) is 0 Å². The monoisotopic (exact) mass is 583 g/mol. The summed E-state index contributed by atoms with van der Waals surface area (Å²) in [6.45, 7) is -0.511. The number of hydrogen-bond donors (Lipinski definition) is 4. The number of benzene rings is 2. The van der Waals surface area contributed by atoms with E-state index in [1.165, 1.54) is 30.7 Å². The summed E-state index contributed by atoms with van der Waals surface area (Å²) >= 11 is 0. The standard InChI is InChI=1S/C27H26N3O10P/c31-22(11-10-19-14-28-16-29-19)37-15-21-23(32)24(40-41(34,35)36)25(39-27(33)18-7-2-1-3-8-18)26(38-21)30-13-12-17-6-4-5-9-20(17)30/h1-14,16,21,23-26,32H,15H2,(H,28,29)(H2,34,35,36)/b11-10+/t21-,23-,24+,25-,26-/m1/s1. The first-order valence-corrected chi connectivity index (χ1v) is 13.9. The van der Waals surface area contributed by atoms with Crippen LogP contribution in [0, 0.1) is 0 Å². The molecule has 0 saturated carbocycles. The maximum absolute atomic E-state index is 13.1. The Kier molecular flexibility index (Phi) is 8.45. The molecule has 13 nitrogen and oxygen atoms in total. The first-order valence-electron chi connectivity index (χ1n) is 12.4. The minimum atomic E-state index is -5.22. The average molecular weight is 583 g/mol. The predicted octanol–water partition coefficient (Wildman–Crippen LogP) is 2.58. The number of aliphatic hydroxyl groups is 1. The number of phosphoric ester groups is 1. The van der Waals surface area contributed by atoms with Crippen LogP contribution < -0.4 is 0 Å². The Morgan fingerprint density at radius 2 is 1.83 bits per heavy atom. The van der Waals surface area contributed by atoms with E-state index >= 15 is 0 Å². The van der Waals surface area contributed by atoms with E-state index in [0.717, 1.165) is 11.5 Å². The van der Waals surface area contributed by atoms with Gasteiger partial charge >= 0.3 is 19.8 Å². The molecule has 0 spiro atoms. The third-order valence-corrected chi connectivity index (χ3v) is 6.88. The van der Waals surface area contributed by atoms with Crippen LogP contribution in [-0.2, 0) is 28.1 Å². The van der Waals surface area contributed by atoms with Gasteiger partial charge in [0.2, 0.25) is 0 Å². The Morgan fingerprint density at radius 3 is 2.56 bits per heavy atom. The number of hydrogen-bond acceptors (Lipinski definition) is 9. The highest BCUT2D eigenvalue weighted by atomic mass is 31.2. The third-order valence-electron chi connectivity index (χ3n) is 6.36. The van der Waals surface area contributed by atoms with Crippen molar-refractivity contribution in [3.63, 3.8) is 0 Å². The number of fused-ring (bicyclic) bond motifs is 1. The van der Waals surface area contributed by atoms with Gasteiger partial charge in [0.15, 0.2) is 12.3 Å². The van der Waals surface area contributed by atoms with Gasteiger partial charge in [-0.1, -0.05) is 36.4 Å². The number of aromatic nitrogens is 3. The topological polar surface area (TPSA) is 182 Å². The molecule has 5 rings (SSSR count). The number of esters is 2. The van der Waals surface area contributed by atoms with Crippen molar-refractivity contribution in [2.45, 2.75) is 30.6 Å². The fourth-order valence-electron chi connectivity index (χ4n) is 4.49. The zero-order valence-corrected chi connectivity index (χ0v) is 22.2. The van der Waals surface area contributed by atoms with Crippen molar-refractivity contribution in [2.24, 2.45) is 0 Å². The molecule has 0 amide bonds. The summed E-state index contributed by atoms with van der Waals surface area (Å²) < 4.78 is 35.7. The summed E-state index contributed by atoms with van der Waals surface area (Å²) in [5.41, 5.74) is 1.35. The van der Waals surface area contributed by atoms with Gasteiger partial charge in [-0.15, -0.1) is 0 Å². The van der Waals surface area contributed by atoms with E-state index in [0.29, 0.717) is 11.2 Å². The van der Waals surface area contributed by atoms with Crippen LogP contribution in [0.1, 0.15) is 22.3 Å². The normalized spacial score (nSPS) is 23.0. The summed E-state index contributed by atoms with van der Waals surface area (Å²) in [5, 5.41) is 12.0. The number of carbonyl (C=O) groups is 2. The SMILES string of the molecule is O=C(/C=C/c1cnc[nH]1)OC[C@H]1O[C@@H](n2ccc3ccccc32)[C@H](OC(=O)c2ccccc2)[C@@H](OP(=O)(O)O)[C@@H]1O. The molecule has 0 bridgehead atoms. The lowest BCUT2D eigenvalue weighted by atomic mass is 9.97. The molecular formula is C27H26N3O10P. The van der Waals surface area contributed by atoms with Crippen molar-refractivity contribution in [3.05, 3.63) is 96.7 Å². The summed E-state index contributed by atoms with van der Waals surface area (Å²) in [6.07, 6.45) is -0.522. The van der Waals surface area contributed by atoms with Crippen LogP contribution in [0.25, 0.3) is 17.0 Å². The summed E-state index contributed by atoms with van der Waals surface area (Å²) in [4.78, 5) is 51.4. The summed E-state index contributed by atoms with van der Waals surface area (Å²) in [5.74, 6) is -1.61. The molecule has 2 aromatic carbocycles. The molecule has 4 N–H and O–H groups in total. The first kappa shape index (κ1) is 28.4. The Labute approximate surface area is 233 Å². The fourth-order valence-corrected chi connectivity index (χ4v) is 5.06. The van der Waals surface area contributed by atoms with Crippen LogP contribution in [0.4, 0.5) is 0 Å². The lowest BCUT2D eigenvalue weighted by molar-refractivity contribution is -0.248. The molecule has 214 valence electrons. The number of nitrogens with one attached hydrogen (secondary N) is 1. The fraction of sp³-hybridized carbons (Fsp3) is 0.222. The highest BCUT2D eigenvalue weighted by molar-refractivity contribution is 7.46. The van der Waals surface area contributed by atoms with Gasteiger partial charge < -0.3 is 38.7 Å². The number of carbonyl (C=O) groups excluding carboxylic acids is 2. The van der Waals surface area contributed by atoms with Crippen LogP contribution in [0.5, 0.6) is 0 Å². The van der Waals surface area contributed by atoms with Gasteiger partial charge in [-0.2, -0.15) is 0 Å². The Morgan fingerprint density at radius 1 is 1.07 bits per heavy atom. The number of phosphoric acid groups is 1. The van der Waals surface area contributed by atoms with Gasteiger partial charge in [-0.3, -0.25) is 4.52 Å². The molecule has 0 aliphatic carbocycles. The molecular weight excluding hydrogens is 557 g/mol. The van der Waals surface area contributed by atoms with E-state index < -0.39 is 57.0 Å². The molecule has 14 heteroatoms. The van der Waals surface area contributed by atoms with E-state index in [1.54, 1.807) is 47.2 Å². The van der Waals surface area contributed by atoms with Crippen LogP contribution in [0.3, 0.4) is 0 Å². The van der Waals surface area contributed by atoms with Crippen molar-refractivity contribution in [1.82, 2.24) is 14.5 Å². The molecule has 0 radical (unpaired) electrons. The van der Waals surface area contributed by atoms with Crippen molar-refractivity contribution in [3.8, 4) is 0 Å². The van der Waals surface area contributed by atoms with E-state index in [1.807, 2.05) is 12.1 Å². The summed E-state index contributed by atoms with van der Waals surface area (Å²) in [6, 6.07) is 16.9. The predicted molar refractivity (Wildman–Crippen MR) is 143 cm³/mol. The Balaban J connectivity index is 1.47. The van der Waals surface area contributed by atoms with Crippen LogP contribution in [0.2, 0.25) is 0 Å². The minimum Gasteiger partial charge on any atom is -0.460 e. The molecule has 2 aromatic heterocycles. The molecule has 0 unspecified atom stereocenters. The molecule has 1 aliphatic heterocycles. The smallest absolute Gasteiger partial charge is 0.460 e. The highest BCUT2D eigenvalue weighted by Crippen LogP contribution is 2.44. The van der Waals surface area contributed by atoms with E-state index in [-0.39, 0.29) is 5.56 Å². The number of H-pyrrole nitrogens is 1. The van der Waals surface area contributed by atoms with Crippen LogP contribution >= 0.6 is 7.82 Å². The zero-order chi connectivity index (χ0) is 29.0. The van der Waals surface area contributed by atoms with E-state index in [4.69, 9.17) is 18.7 Å². The number of aliphatic hydroxyl groups excluding tert-OH is 1. The Bertz CT molecular complexity index is 1570. The molecule has 41 heavy (non-hydrogen) atoms. The third kappa shape index (κ3) is 6.80. The number of aromatic amines is 1. The van der Waals surface area contributed by atoms with Gasteiger partial charge in [0, 0.05) is 12.3 Å². The van der Waals surface area contributed by atoms with E-state index in [2.05, 4.69) is 9.97 Å². The maximum Gasteiger partial charge on any atom is 0.470 e. The van der Waals surface area contributed by atoms with Crippen LogP contribution in [0.15, 0.2) is 85.5 Å². The van der Waals surface area contributed by atoms with Crippen molar-refractivity contribution >= 4 is 36.7 Å². The van der Waals surface area contributed by atoms with Gasteiger partial charge in [-0.05, 0) is 35.7 Å². The quantitative estimate of drug-likeness (QED) is 0.129. The van der Waals surface area contributed by atoms with Crippen LogP contribution in [-0.4, -0.2) is 72.4 Å². The second kappa shape index (κ2) is 12.2. The number of rotatable bonds is 9. The zero-order valence-electron chi connectivity index (χ0n) is 21.3. The average Bonchev–Trinajstić information content (AvgIpc) is 3.63. The molecule has 1 saturated heterocycles. The summed E-state index contributed by atoms with van der Waals surface area (Å²) in [7, 11) is -5.22. The second-order valence-corrected chi connectivity index (χ2v) is 10.3. The number of nitrogens with zero attached hydrogens (tertiary/aromatic N) is 2. The van der Waals surface area contributed by atoms with Gasteiger partial charge in [-0.25, -0.2) is 19.1 Å². The Hall–Kier alpha value is -4.10. The molecule has 3 heterocycles. The number of ether oxygens (including phenoxy) is 3. The maximum atomic E-state index is 13.1. The lowest BCUT2D eigenvalue weighted by Gasteiger charge is -2.44. The van der Waals surface area contributed by atoms with Crippen molar-refractivity contribution in [1.29, 1.82) is 0 Å². The van der Waals surface area contributed by atoms with E-state index in [9.17, 15) is 29.0 Å². The molecule has 5 atom stereocenters. The molecule has 1 fully saturated rings. The first-order chi connectivity index (χ1) is 19.7. The lowest BCUT2D eigenvalue weighted by Crippen LogP contribution is -2.58. The molecule has 4 aromatic rings. The number of imidazole rings is 1. The van der Waals surface area contributed by atoms with Crippen molar-refractivity contribution in [2.75, 3.05) is 6.61 Å². The van der Waals surface area contributed by atoms with Gasteiger partial charge in [0.1, 0.15) is 24.9 Å². The minimum absolute atomic E-state index is 0.160. The molecule has 1 aliphatic rings. The second-order valence-electron chi connectivity index (χ2n) is 9.10. The highest BCUT2D eigenvalue weighted by Gasteiger charge is 2.51. The largest absolute Gasteiger partial charge is 0.470 e. The number of para-hydroxylation sites is 1.